The molecule has 32 heavy (non-hydrogen) atoms. The molecule has 2 aromatic rings. The van der Waals surface area contributed by atoms with Crippen LogP contribution in [0.2, 0.25) is 0 Å². The Labute approximate surface area is 185 Å². The maximum absolute atomic E-state index is 13.2. The Morgan fingerprint density at radius 3 is 2.22 bits per heavy atom. The van der Waals surface area contributed by atoms with Gasteiger partial charge in [-0.1, -0.05) is 26.8 Å². The van der Waals surface area contributed by atoms with Crippen molar-refractivity contribution in [3.8, 4) is 0 Å². The zero-order chi connectivity index (χ0) is 23.7. The molecule has 6 nitrogen and oxygen atoms in total. The summed E-state index contributed by atoms with van der Waals surface area (Å²) in [6, 6.07) is 8.60. The van der Waals surface area contributed by atoms with E-state index in [0.29, 0.717) is 18.8 Å². The van der Waals surface area contributed by atoms with Gasteiger partial charge in [-0.25, -0.2) is 8.42 Å². The number of sulfonamides is 1. The molecule has 0 aliphatic carbocycles. The van der Waals surface area contributed by atoms with E-state index in [1.807, 2.05) is 4.90 Å². The van der Waals surface area contributed by atoms with E-state index in [4.69, 9.17) is 0 Å². The number of alkyl halides is 3. The molecule has 0 spiro atoms. The summed E-state index contributed by atoms with van der Waals surface area (Å²) in [5.74, 6) is -0.291. The zero-order valence-corrected chi connectivity index (χ0v) is 18.9. The molecular weight excluding hydrogens is 443 g/mol. The van der Waals surface area contributed by atoms with Crippen molar-refractivity contribution in [2.45, 2.75) is 44.7 Å². The molecule has 0 unspecified atom stereocenters. The highest BCUT2D eigenvalue weighted by Gasteiger charge is 2.31. The van der Waals surface area contributed by atoms with E-state index in [0.717, 1.165) is 31.0 Å². The lowest BCUT2D eigenvalue weighted by Crippen LogP contribution is -2.28. The minimum absolute atomic E-state index is 0.108. The number of anilines is 3. The summed E-state index contributed by atoms with van der Waals surface area (Å²) in [5, 5.41) is 2.71. The molecule has 1 heterocycles. The van der Waals surface area contributed by atoms with Crippen molar-refractivity contribution in [1.82, 2.24) is 0 Å². The van der Waals surface area contributed by atoms with Gasteiger partial charge in [-0.2, -0.15) is 13.2 Å². The fourth-order valence-corrected chi connectivity index (χ4v) is 4.62. The van der Waals surface area contributed by atoms with E-state index in [1.54, 1.807) is 32.9 Å². The highest BCUT2D eigenvalue weighted by atomic mass is 32.2. The molecule has 2 N–H and O–H groups in total. The maximum Gasteiger partial charge on any atom is 0.416 e. The first kappa shape index (κ1) is 23.9. The van der Waals surface area contributed by atoms with Crippen LogP contribution in [0.3, 0.4) is 0 Å². The van der Waals surface area contributed by atoms with E-state index >= 15 is 0 Å². The van der Waals surface area contributed by atoms with Gasteiger partial charge in [0.1, 0.15) is 4.90 Å². The Morgan fingerprint density at radius 1 is 0.969 bits per heavy atom. The second-order valence-electron chi connectivity index (χ2n) is 8.76. The second-order valence-corrected chi connectivity index (χ2v) is 10.4. The van der Waals surface area contributed by atoms with Crippen molar-refractivity contribution in [3.05, 3.63) is 48.0 Å². The van der Waals surface area contributed by atoms with Gasteiger partial charge in [-0.05, 0) is 49.2 Å². The zero-order valence-electron chi connectivity index (χ0n) is 18.1. The number of nitrogens with one attached hydrogen (secondary N) is 2. The number of nitrogens with zero attached hydrogens (tertiary/aromatic N) is 1. The minimum Gasteiger partial charge on any atom is -0.370 e. The van der Waals surface area contributed by atoms with Gasteiger partial charge in [0.25, 0.3) is 10.0 Å². The Morgan fingerprint density at radius 2 is 1.62 bits per heavy atom. The fourth-order valence-electron chi connectivity index (χ4n) is 3.31. The van der Waals surface area contributed by atoms with E-state index in [-0.39, 0.29) is 22.2 Å². The van der Waals surface area contributed by atoms with Crippen LogP contribution in [0.15, 0.2) is 47.4 Å². The topological polar surface area (TPSA) is 78.5 Å². The molecule has 0 radical (unpaired) electrons. The first-order valence-corrected chi connectivity index (χ1v) is 11.7. The standard InChI is InChI=1S/C22H26F3N3O3S/c1-21(2,3)20(29)26-16-9-10-18(28-11-4-5-12-28)19(14-16)32(30,31)27-17-8-6-7-15(13-17)22(23,24)25/h6-10,13-14,27H,4-5,11-12H2,1-3H3,(H,26,29). The largest absolute Gasteiger partial charge is 0.416 e. The lowest BCUT2D eigenvalue weighted by Gasteiger charge is -2.23. The van der Waals surface area contributed by atoms with E-state index in [2.05, 4.69) is 10.0 Å². The Hall–Kier alpha value is -2.75. The number of carbonyl (C=O) groups is 1. The fraction of sp³-hybridized carbons (Fsp3) is 0.409. The predicted octanol–water partition coefficient (Wildman–Crippen LogP) is 5.09. The summed E-state index contributed by atoms with van der Waals surface area (Å²) in [5.41, 5.74) is -1.11. The first-order valence-electron chi connectivity index (χ1n) is 10.2. The Balaban J connectivity index is 2.00. The van der Waals surface area contributed by atoms with Gasteiger partial charge in [-0.15, -0.1) is 0 Å². The minimum atomic E-state index is -4.60. The van der Waals surface area contributed by atoms with Crippen LogP contribution < -0.4 is 14.9 Å². The van der Waals surface area contributed by atoms with Crippen LogP contribution in [0.25, 0.3) is 0 Å². The molecule has 0 atom stereocenters. The lowest BCUT2D eigenvalue weighted by molar-refractivity contribution is -0.137. The molecule has 174 valence electrons. The smallest absolute Gasteiger partial charge is 0.370 e. The average Bonchev–Trinajstić information content (AvgIpc) is 3.21. The third kappa shape index (κ3) is 5.53. The van der Waals surface area contributed by atoms with E-state index in [9.17, 15) is 26.4 Å². The molecular formula is C22H26F3N3O3S. The van der Waals surface area contributed by atoms with Crippen molar-refractivity contribution < 1.29 is 26.4 Å². The van der Waals surface area contributed by atoms with Gasteiger partial charge >= 0.3 is 6.18 Å². The second kappa shape index (κ2) is 8.65. The van der Waals surface area contributed by atoms with Crippen LogP contribution in [-0.2, 0) is 21.0 Å². The summed E-state index contributed by atoms with van der Waals surface area (Å²) in [6.45, 7) is 6.52. The summed E-state index contributed by atoms with van der Waals surface area (Å²) in [7, 11) is -4.25. The molecule has 1 aliphatic rings. The molecule has 1 fully saturated rings. The predicted molar refractivity (Wildman–Crippen MR) is 118 cm³/mol. The average molecular weight is 470 g/mol. The summed E-state index contributed by atoms with van der Waals surface area (Å²) in [4.78, 5) is 14.2. The van der Waals surface area contributed by atoms with Crippen molar-refractivity contribution in [2.24, 2.45) is 5.41 Å². The maximum atomic E-state index is 13.2. The third-order valence-corrected chi connectivity index (χ3v) is 6.49. The van der Waals surface area contributed by atoms with Gasteiger partial charge in [0, 0.05) is 29.9 Å². The van der Waals surface area contributed by atoms with Crippen molar-refractivity contribution in [2.75, 3.05) is 28.0 Å². The van der Waals surface area contributed by atoms with Crippen LogP contribution in [0, 0.1) is 5.41 Å². The monoisotopic (exact) mass is 469 g/mol. The van der Waals surface area contributed by atoms with Crippen molar-refractivity contribution in [3.63, 3.8) is 0 Å². The number of hydrogen-bond acceptors (Lipinski definition) is 4. The van der Waals surface area contributed by atoms with Crippen molar-refractivity contribution in [1.29, 1.82) is 0 Å². The molecule has 1 saturated heterocycles. The van der Waals surface area contributed by atoms with E-state index < -0.39 is 27.2 Å². The van der Waals surface area contributed by atoms with Gasteiger partial charge in [0.2, 0.25) is 5.91 Å². The quantitative estimate of drug-likeness (QED) is 0.639. The van der Waals surface area contributed by atoms with Gasteiger partial charge < -0.3 is 10.2 Å². The molecule has 10 heteroatoms. The molecule has 3 rings (SSSR count). The Bertz CT molecular complexity index is 1100. The molecule has 0 saturated carbocycles. The number of carbonyl (C=O) groups excluding carboxylic acids is 1. The van der Waals surface area contributed by atoms with Gasteiger partial charge in [0.05, 0.1) is 11.3 Å². The molecule has 1 aliphatic heterocycles. The summed E-state index contributed by atoms with van der Waals surface area (Å²) < 4.78 is 67.9. The summed E-state index contributed by atoms with van der Waals surface area (Å²) in [6.07, 6.45) is -2.79. The first-order chi connectivity index (χ1) is 14.8. The SMILES string of the molecule is CC(C)(C)C(=O)Nc1ccc(N2CCCC2)c(S(=O)(=O)Nc2cccc(C(F)(F)F)c2)c1. The van der Waals surface area contributed by atoms with Gasteiger partial charge in [0.15, 0.2) is 0 Å². The van der Waals surface area contributed by atoms with E-state index in [1.165, 1.54) is 12.1 Å². The highest BCUT2D eigenvalue weighted by molar-refractivity contribution is 7.92. The molecule has 2 aromatic carbocycles. The van der Waals surface area contributed by atoms with Crippen LogP contribution >= 0.6 is 0 Å². The number of amides is 1. The lowest BCUT2D eigenvalue weighted by atomic mass is 9.95. The molecule has 0 bridgehead atoms. The van der Waals surface area contributed by atoms with Crippen LogP contribution in [0.5, 0.6) is 0 Å². The summed E-state index contributed by atoms with van der Waals surface area (Å²) >= 11 is 0. The third-order valence-electron chi connectivity index (χ3n) is 5.08. The van der Waals surface area contributed by atoms with Gasteiger partial charge in [-0.3, -0.25) is 9.52 Å². The van der Waals surface area contributed by atoms with Crippen molar-refractivity contribution >= 4 is 33.0 Å². The number of halogens is 3. The van der Waals surface area contributed by atoms with Crippen LogP contribution in [-0.4, -0.2) is 27.4 Å². The number of hydrogen-bond donors (Lipinski definition) is 2. The Kier molecular flexibility index (Phi) is 6.46. The highest BCUT2D eigenvalue weighted by Crippen LogP contribution is 2.34. The normalized spacial score (nSPS) is 15.0. The number of benzene rings is 2. The van der Waals surface area contributed by atoms with Crippen LogP contribution in [0.4, 0.5) is 30.2 Å². The number of rotatable bonds is 5. The molecule has 0 aromatic heterocycles. The van der Waals surface area contributed by atoms with Crippen LogP contribution in [0.1, 0.15) is 39.2 Å². The molecule has 1 amide bonds.